The summed E-state index contributed by atoms with van der Waals surface area (Å²) in [6.07, 6.45) is 3.68. The second kappa shape index (κ2) is 8.34. The minimum absolute atomic E-state index is 0.159. The van der Waals surface area contributed by atoms with Crippen molar-refractivity contribution in [2.45, 2.75) is 39.5 Å². The molecular formula is C19H30N2O2. The Kier molecular flexibility index (Phi) is 6.46. The summed E-state index contributed by atoms with van der Waals surface area (Å²) in [5.41, 5.74) is 1.41. The Morgan fingerprint density at radius 2 is 2.04 bits per heavy atom. The zero-order chi connectivity index (χ0) is 16.7. The number of rotatable bonds is 7. The molecule has 1 aliphatic rings. The van der Waals surface area contributed by atoms with Crippen LogP contribution >= 0.6 is 0 Å². The number of carbonyl (C=O) groups excluding carboxylic acids is 1. The van der Waals surface area contributed by atoms with Gasteiger partial charge in [0.25, 0.3) is 0 Å². The predicted octanol–water partition coefficient (Wildman–Crippen LogP) is 2.77. The van der Waals surface area contributed by atoms with Crippen LogP contribution in [0.3, 0.4) is 0 Å². The van der Waals surface area contributed by atoms with E-state index in [1.165, 1.54) is 5.56 Å². The van der Waals surface area contributed by atoms with Gasteiger partial charge in [-0.1, -0.05) is 32.0 Å². The summed E-state index contributed by atoms with van der Waals surface area (Å²) in [5.74, 6) is 1.36. The number of amides is 1. The highest BCUT2D eigenvalue weighted by Gasteiger charge is 2.27. The Hall–Kier alpha value is -1.55. The first kappa shape index (κ1) is 17.8. The lowest BCUT2D eigenvalue weighted by atomic mass is 9.81. The molecule has 1 aromatic carbocycles. The largest absolute Gasteiger partial charge is 0.496 e. The molecule has 2 rings (SSSR count). The second-order valence-electron chi connectivity index (χ2n) is 7.16. The standard InChI is InChI=1S/C19H30N2O2/c1-15(12-16-6-4-5-7-17(16)23-3)13-18(22)21-14-19(2)8-10-20-11-9-19/h4-7,15,20H,8-14H2,1-3H3,(H,21,22). The Bertz CT molecular complexity index is 510. The second-order valence-corrected chi connectivity index (χ2v) is 7.16. The number of hydrogen-bond donors (Lipinski definition) is 2. The van der Waals surface area contributed by atoms with Crippen LogP contribution in [-0.4, -0.2) is 32.7 Å². The van der Waals surface area contributed by atoms with Crippen LogP contribution in [0.25, 0.3) is 0 Å². The third-order valence-corrected chi connectivity index (χ3v) is 4.82. The zero-order valence-corrected chi connectivity index (χ0v) is 14.7. The molecule has 0 radical (unpaired) electrons. The lowest BCUT2D eigenvalue weighted by molar-refractivity contribution is -0.122. The van der Waals surface area contributed by atoms with Crippen molar-refractivity contribution in [3.05, 3.63) is 29.8 Å². The summed E-state index contributed by atoms with van der Waals surface area (Å²) in [6, 6.07) is 8.03. The summed E-state index contributed by atoms with van der Waals surface area (Å²) in [5, 5.41) is 6.51. The monoisotopic (exact) mass is 318 g/mol. The molecule has 1 atom stereocenters. The van der Waals surface area contributed by atoms with Gasteiger partial charge < -0.3 is 15.4 Å². The minimum Gasteiger partial charge on any atom is -0.496 e. The Labute approximate surface area is 140 Å². The van der Waals surface area contributed by atoms with Crippen molar-refractivity contribution < 1.29 is 9.53 Å². The number of para-hydroxylation sites is 1. The Balaban J connectivity index is 1.78. The molecule has 1 saturated heterocycles. The number of nitrogens with one attached hydrogen (secondary N) is 2. The maximum atomic E-state index is 12.2. The maximum Gasteiger partial charge on any atom is 0.220 e. The van der Waals surface area contributed by atoms with Crippen LogP contribution in [0.5, 0.6) is 5.75 Å². The van der Waals surface area contributed by atoms with E-state index in [1.807, 2.05) is 18.2 Å². The lowest BCUT2D eigenvalue weighted by Gasteiger charge is -2.34. The molecule has 0 spiro atoms. The van der Waals surface area contributed by atoms with E-state index in [4.69, 9.17) is 4.74 Å². The zero-order valence-electron chi connectivity index (χ0n) is 14.7. The SMILES string of the molecule is COc1ccccc1CC(C)CC(=O)NCC1(C)CCNCC1. The van der Waals surface area contributed by atoms with Gasteiger partial charge in [0.2, 0.25) is 5.91 Å². The average molecular weight is 318 g/mol. The summed E-state index contributed by atoms with van der Waals surface area (Å²) in [6.45, 7) is 7.28. The van der Waals surface area contributed by atoms with Gasteiger partial charge in [0.05, 0.1) is 7.11 Å². The third kappa shape index (κ3) is 5.54. The number of benzene rings is 1. The number of hydrogen-bond acceptors (Lipinski definition) is 3. The number of carbonyl (C=O) groups is 1. The quantitative estimate of drug-likeness (QED) is 0.813. The van der Waals surface area contributed by atoms with E-state index in [9.17, 15) is 4.79 Å². The Morgan fingerprint density at radius 1 is 1.35 bits per heavy atom. The maximum absolute atomic E-state index is 12.2. The molecule has 1 aromatic rings. The van der Waals surface area contributed by atoms with Gasteiger partial charge >= 0.3 is 0 Å². The predicted molar refractivity (Wildman–Crippen MR) is 93.7 cm³/mol. The molecule has 1 amide bonds. The number of ether oxygens (including phenoxy) is 1. The molecule has 0 aromatic heterocycles. The molecule has 0 saturated carbocycles. The van der Waals surface area contributed by atoms with E-state index >= 15 is 0 Å². The van der Waals surface area contributed by atoms with Crippen LogP contribution in [0.1, 0.15) is 38.7 Å². The van der Waals surface area contributed by atoms with Crippen molar-refractivity contribution in [1.29, 1.82) is 0 Å². The summed E-state index contributed by atoms with van der Waals surface area (Å²) < 4.78 is 5.38. The topological polar surface area (TPSA) is 50.4 Å². The van der Waals surface area contributed by atoms with Gasteiger partial charge in [-0.2, -0.15) is 0 Å². The van der Waals surface area contributed by atoms with Gasteiger partial charge in [-0.3, -0.25) is 4.79 Å². The van der Waals surface area contributed by atoms with Gasteiger partial charge in [0.15, 0.2) is 0 Å². The number of methoxy groups -OCH3 is 1. The lowest BCUT2D eigenvalue weighted by Crippen LogP contribution is -2.43. The molecular weight excluding hydrogens is 288 g/mol. The first-order valence-corrected chi connectivity index (χ1v) is 8.62. The van der Waals surface area contributed by atoms with E-state index in [0.29, 0.717) is 12.3 Å². The van der Waals surface area contributed by atoms with Crippen LogP contribution in [0.4, 0.5) is 0 Å². The average Bonchev–Trinajstić information content (AvgIpc) is 2.54. The molecule has 1 aliphatic heterocycles. The molecule has 1 heterocycles. The highest BCUT2D eigenvalue weighted by Crippen LogP contribution is 2.27. The fourth-order valence-corrected chi connectivity index (χ4v) is 3.23. The molecule has 1 unspecified atom stereocenters. The van der Waals surface area contributed by atoms with Crippen molar-refractivity contribution >= 4 is 5.91 Å². The van der Waals surface area contributed by atoms with Crippen molar-refractivity contribution in [2.24, 2.45) is 11.3 Å². The molecule has 4 heteroatoms. The van der Waals surface area contributed by atoms with E-state index in [0.717, 1.165) is 44.6 Å². The summed E-state index contributed by atoms with van der Waals surface area (Å²) in [4.78, 5) is 12.2. The van der Waals surface area contributed by atoms with Gasteiger partial charge in [-0.25, -0.2) is 0 Å². The van der Waals surface area contributed by atoms with Crippen LogP contribution in [0.2, 0.25) is 0 Å². The Morgan fingerprint density at radius 3 is 2.74 bits per heavy atom. The molecule has 0 bridgehead atoms. The van der Waals surface area contributed by atoms with E-state index in [2.05, 4.69) is 30.5 Å². The van der Waals surface area contributed by atoms with Crippen molar-refractivity contribution in [1.82, 2.24) is 10.6 Å². The van der Waals surface area contributed by atoms with Crippen molar-refractivity contribution in [3.8, 4) is 5.75 Å². The summed E-state index contributed by atoms with van der Waals surface area (Å²) >= 11 is 0. The smallest absolute Gasteiger partial charge is 0.220 e. The highest BCUT2D eigenvalue weighted by atomic mass is 16.5. The van der Waals surface area contributed by atoms with Gasteiger partial charge in [-0.05, 0) is 55.3 Å². The molecule has 4 nitrogen and oxygen atoms in total. The normalized spacial score (nSPS) is 18.2. The first-order valence-electron chi connectivity index (χ1n) is 8.62. The van der Waals surface area contributed by atoms with Crippen LogP contribution in [0, 0.1) is 11.3 Å². The number of piperidine rings is 1. The van der Waals surface area contributed by atoms with Gasteiger partial charge in [-0.15, -0.1) is 0 Å². The van der Waals surface area contributed by atoms with E-state index in [1.54, 1.807) is 7.11 Å². The van der Waals surface area contributed by atoms with E-state index in [-0.39, 0.29) is 11.3 Å². The third-order valence-electron chi connectivity index (χ3n) is 4.82. The molecule has 128 valence electrons. The minimum atomic E-state index is 0.159. The fraction of sp³-hybridized carbons (Fsp3) is 0.632. The fourth-order valence-electron chi connectivity index (χ4n) is 3.23. The van der Waals surface area contributed by atoms with Crippen molar-refractivity contribution in [2.75, 3.05) is 26.7 Å². The molecule has 0 aliphatic carbocycles. The highest BCUT2D eigenvalue weighted by molar-refractivity contribution is 5.76. The summed E-state index contributed by atoms with van der Waals surface area (Å²) in [7, 11) is 1.69. The first-order chi connectivity index (χ1) is 11.0. The molecule has 1 fully saturated rings. The van der Waals surface area contributed by atoms with Crippen LogP contribution in [-0.2, 0) is 11.2 Å². The van der Waals surface area contributed by atoms with Gasteiger partial charge in [0, 0.05) is 13.0 Å². The van der Waals surface area contributed by atoms with E-state index < -0.39 is 0 Å². The van der Waals surface area contributed by atoms with Gasteiger partial charge in [0.1, 0.15) is 5.75 Å². The van der Waals surface area contributed by atoms with Crippen molar-refractivity contribution in [3.63, 3.8) is 0 Å². The molecule has 2 N–H and O–H groups in total. The molecule has 23 heavy (non-hydrogen) atoms. The van der Waals surface area contributed by atoms with Crippen LogP contribution < -0.4 is 15.4 Å². The van der Waals surface area contributed by atoms with Crippen LogP contribution in [0.15, 0.2) is 24.3 Å².